The molecule has 0 spiro atoms. The zero-order valence-electron chi connectivity index (χ0n) is 16.1. The number of fused-ring (bicyclic) bond motifs is 5. The first-order chi connectivity index (χ1) is 12.7. The van der Waals surface area contributed by atoms with Crippen LogP contribution in [0.5, 0.6) is 0 Å². The molecule has 0 saturated heterocycles. The van der Waals surface area contributed by atoms with E-state index in [1.165, 1.54) is 31.3 Å². The highest BCUT2D eigenvalue weighted by atomic mass is 19.1. The van der Waals surface area contributed by atoms with Crippen molar-refractivity contribution in [3.63, 3.8) is 0 Å². The van der Waals surface area contributed by atoms with Crippen LogP contribution in [0.2, 0.25) is 0 Å². The number of hydrogen-bond donors (Lipinski definition) is 2. The van der Waals surface area contributed by atoms with Gasteiger partial charge in [-0.3, -0.25) is 9.59 Å². The Morgan fingerprint density at radius 2 is 1.96 bits per heavy atom. The number of allylic oxidation sites excluding steroid dienone is 4. The Hall–Kier alpha value is -1.33. The number of carbonyl (C=O) groups is 2. The molecule has 6 atom stereocenters. The molecular weight excluding hydrogens is 347 g/mol. The predicted octanol–water partition coefficient (Wildman–Crippen LogP) is 3.27. The average molecular weight is 376 g/mol. The fraction of sp³-hybridized carbons (Fsp3) is 0.727. The molecule has 2 N–H and O–H groups in total. The molecule has 2 unspecified atom stereocenters. The van der Waals surface area contributed by atoms with Crippen LogP contribution in [0.1, 0.15) is 58.8 Å². The van der Waals surface area contributed by atoms with Crippen molar-refractivity contribution in [2.45, 2.75) is 71.3 Å². The number of aliphatic hydroxyl groups is 2. The maximum absolute atomic E-state index is 14.0. The van der Waals surface area contributed by atoms with E-state index in [0.717, 1.165) is 18.4 Å². The third-order valence-electron chi connectivity index (χ3n) is 8.15. The summed E-state index contributed by atoms with van der Waals surface area (Å²) in [4.78, 5) is 25.2. The molecule has 4 rings (SSSR count). The van der Waals surface area contributed by atoms with Gasteiger partial charge >= 0.3 is 0 Å². The van der Waals surface area contributed by atoms with Gasteiger partial charge in [-0.05, 0) is 66.6 Å². The van der Waals surface area contributed by atoms with Gasteiger partial charge in [-0.2, -0.15) is 0 Å². The van der Waals surface area contributed by atoms with E-state index in [1.54, 1.807) is 6.08 Å². The predicted molar refractivity (Wildman–Crippen MR) is 98.3 cm³/mol. The SMILES string of the molecule is C[C@]12CC[C@H]3C(=CCC4CCCC[C@@]43C)C1=CC(=O)[C@@H]2C(=O)C(F)C(O)O. The Bertz CT molecular complexity index is 739. The smallest absolute Gasteiger partial charge is 0.209 e. The molecule has 0 aliphatic heterocycles. The summed E-state index contributed by atoms with van der Waals surface area (Å²) in [5, 5.41) is 18.2. The van der Waals surface area contributed by atoms with Gasteiger partial charge in [0.25, 0.3) is 0 Å². The van der Waals surface area contributed by atoms with Crippen molar-refractivity contribution in [1.82, 2.24) is 0 Å². The molecule has 4 nitrogen and oxygen atoms in total. The van der Waals surface area contributed by atoms with Gasteiger partial charge in [0, 0.05) is 5.41 Å². The lowest BCUT2D eigenvalue weighted by molar-refractivity contribution is -0.151. The number of ketones is 2. The highest BCUT2D eigenvalue weighted by Gasteiger charge is 2.58. The summed E-state index contributed by atoms with van der Waals surface area (Å²) < 4.78 is 14.0. The maximum atomic E-state index is 14.0. The molecule has 148 valence electrons. The Kier molecular flexibility index (Phi) is 4.47. The van der Waals surface area contributed by atoms with Crippen molar-refractivity contribution in [3.05, 3.63) is 23.3 Å². The molecule has 4 aliphatic carbocycles. The number of Topliss-reactive ketones (excluding diaryl/α,β-unsaturated/α-hetero) is 1. The van der Waals surface area contributed by atoms with Crippen LogP contribution >= 0.6 is 0 Å². The third-order valence-corrected chi connectivity index (χ3v) is 8.15. The molecule has 2 fully saturated rings. The molecule has 0 aromatic heterocycles. The lowest BCUT2D eigenvalue weighted by Crippen LogP contribution is -2.48. The van der Waals surface area contributed by atoms with Crippen molar-refractivity contribution in [2.24, 2.45) is 28.6 Å². The summed E-state index contributed by atoms with van der Waals surface area (Å²) >= 11 is 0. The molecule has 0 aromatic rings. The molecule has 0 bridgehead atoms. The summed E-state index contributed by atoms with van der Waals surface area (Å²) in [7, 11) is 0. The molecule has 0 aromatic carbocycles. The highest BCUT2D eigenvalue weighted by Crippen LogP contribution is 2.63. The lowest BCUT2D eigenvalue weighted by atomic mass is 9.49. The summed E-state index contributed by atoms with van der Waals surface area (Å²) in [5.41, 5.74) is 1.58. The second kappa shape index (κ2) is 6.35. The highest BCUT2D eigenvalue weighted by molar-refractivity contribution is 6.13. The van der Waals surface area contributed by atoms with E-state index in [4.69, 9.17) is 10.2 Å². The van der Waals surface area contributed by atoms with E-state index < -0.39 is 35.4 Å². The Labute approximate surface area is 159 Å². The summed E-state index contributed by atoms with van der Waals surface area (Å²) in [5.74, 6) is -1.47. The molecule has 0 radical (unpaired) electrons. The monoisotopic (exact) mass is 376 g/mol. The Morgan fingerprint density at radius 1 is 1.22 bits per heavy atom. The minimum absolute atomic E-state index is 0.236. The van der Waals surface area contributed by atoms with Crippen molar-refractivity contribution >= 4 is 11.6 Å². The second-order valence-corrected chi connectivity index (χ2v) is 9.46. The van der Waals surface area contributed by atoms with Crippen LogP contribution < -0.4 is 0 Å². The normalized spacial score (nSPS) is 42.0. The quantitative estimate of drug-likeness (QED) is 0.586. The van der Waals surface area contributed by atoms with Crippen LogP contribution in [-0.2, 0) is 9.59 Å². The van der Waals surface area contributed by atoms with Crippen LogP contribution in [0.15, 0.2) is 23.3 Å². The van der Waals surface area contributed by atoms with Crippen LogP contribution in [-0.4, -0.2) is 34.2 Å². The summed E-state index contributed by atoms with van der Waals surface area (Å²) in [6.07, 6.45) is 6.51. The maximum Gasteiger partial charge on any atom is 0.209 e. The van der Waals surface area contributed by atoms with E-state index in [-0.39, 0.29) is 5.41 Å². The molecule has 2 saturated carbocycles. The number of rotatable bonds is 3. The fourth-order valence-corrected chi connectivity index (χ4v) is 6.58. The van der Waals surface area contributed by atoms with Crippen molar-refractivity contribution in [3.8, 4) is 0 Å². The average Bonchev–Trinajstić information content (AvgIpc) is 2.90. The standard InChI is InChI=1S/C22H29FO4/c1-21-9-4-3-5-12(21)6-7-13-14(21)8-10-22(2)15(13)11-16(24)17(22)19(25)18(23)20(26)27/h7,11-12,14,17-18,20,26-27H,3-6,8-10H2,1-2H3/t12?,14-,17+,18?,21-,22-/m0/s1. The van der Waals surface area contributed by atoms with E-state index in [2.05, 4.69) is 13.0 Å². The molecular formula is C22H29FO4. The molecule has 0 amide bonds. The van der Waals surface area contributed by atoms with Gasteiger partial charge in [0.15, 0.2) is 17.9 Å². The Balaban J connectivity index is 1.70. The fourth-order valence-electron chi connectivity index (χ4n) is 6.58. The van der Waals surface area contributed by atoms with E-state index >= 15 is 0 Å². The van der Waals surface area contributed by atoms with Crippen molar-refractivity contribution in [1.29, 1.82) is 0 Å². The topological polar surface area (TPSA) is 74.6 Å². The lowest BCUT2D eigenvalue weighted by Gasteiger charge is -2.55. The van der Waals surface area contributed by atoms with Crippen LogP contribution in [0.25, 0.3) is 0 Å². The summed E-state index contributed by atoms with van der Waals surface area (Å²) in [6, 6.07) is 0. The van der Waals surface area contributed by atoms with Gasteiger partial charge in [0.1, 0.15) is 0 Å². The van der Waals surface area contributed by atoms with Crippen molar-refractivity contribution in [2.75, 3.05) is 0 Å². The number of alkyl halides is 1. The number of carbonyl (C=O) groups excluding carboxylic acids is 2. The Morgan fingerprint density at radius 3 is 2.67 bits per heavy atom. The molecule has 5 heteroatoms. The minimum Gasteiger partial charge on any atom is -0.365 e. The van der Waals surface area contributed by atoms with Gasteiger partial charge in [-0.15, -0.1) is 0 Å². The largest absolute Gasteiger partial charge is 0.365 e. The molecule has 0 heterocycles. The van der Waals surface area contributed by atoms with E-state index in [0.29, 0.717) is 18.3 Å². The first-order valence-electron chi connectivity index (χ1n) is 10.2. The zero-order valence-corrected chi connectivity index (χ0v) is 16.1. The van der Waals surface area contributed by atoms with Crippen LogP contribution in [0, 0.1) is 28.6 Å². The zero-order chi connectivity index (χ0) is 19.6. The van der Waals surface area contributed by atoms with Gasteiger partial charge in [0.05, 0.1) is 5.92 Å². The minimum atomic E-state index is -2.44. The first kappa shape index (κ1) is 19.0. The van der Waals surface area contributed by atoms with E-state index in [9.17, 15) is 14.0 Å². The molecule has 27 heavy (non-hydrogen) atoms. The third kappa shape index (κ3) is 2.61. The van der Waals surface area contributed by atoms with Crippen LogP contribution in [0.4, 0.5) is 4.39 Å². The van der Waals surface area contributed by atoms with Crippen LogP contribution in [0.3, 0.4) is 0 Å². The number of halogens is 1. The van der Waals surface area contributed by atoms with Gasteiger partial charge in [-0.1, -0.05) is 32.8 Å². The van der Waals surface area contributed by atoms with Gasteiger partial charge in [-0.25, -0.2) is 4.39 Å². The van der Waals surface area contributed by atoms with E-state index in [1.807, 2.05) is 6.92 Å². The first-order valence-corrected chi connectivity index (χ1v) is 10.2. The number of aliphatic hydroxyl groups excluding tert-OH is 1. The van der Waals surface area contributed by atoms with Crippen molar-refractivity contribution < 1.29 is 24.2 Å². The van der Waals surface area contributed by atoms with Gasteiger partial charge < -0.3 is 10.2 Å². The molecule has 4 aliphatic rings. The number of hydrogen-bond acceptors (Lipinski definition) is 4. The second-order valence-electron chi connectivity index (χ2n) is 9.46. The van der Waals surface area contributed by atoms with Gasteiger partial charge in [0.2, 0.25) is 6.17 Å². The summed E-state index contributed by atoms with van der Waals surface area (Å²) in [6.45, 7) is 4.26.